The molecule has 1 aliphatic heterocycles. The minimum atomic E-state index is -3.60. The first-order chi connectivity index (χ1) is 13.9. The van der Waals surface area contributed by atoms with Gasteiger partial charge in [0.05, 0.1) is 30.7 Å². The maximum atomic E-state index is 12.9. The maximum Gasteiger partial charge on any atom is 0.243 e. The van der Waals surface area contributed by atoms with Crippen molar-refractivity contribution < 1.29 is 17.9 Å². The first kappa shape index (κ1) is 21.1. The van der Waals surface area contributed by atoms with Crippen LogP contribution in [0, 0.1) is 18.3 Å². The van der Waals surface area contributed by atoms with Gasteiger partial charge >= 0.3 is 0 Å². The minimum Gasteiger partial charge on any atom is -0.493 e. The molecule has 0 N–H and O–H groups in total. The molecule has 3 rings (SSSR count). The highest BCUT2D eigenvalue weighted by Crippen LogP contribution is 2.31. The van der Waals surface area contributed by atoms with Crippen LogP contribution in [-0.4, -0.2) is 58.0 Å². The van der Waals surface area contributed by atoms with Crippen LogP contribution in [0.15, 0.2) is 41.3 Å². The van der Waals surface area contributed by atoms with Crippen LogP contribution in [0.3, 0.4) is 0 Å². The van der Waals surface area contributed by atoms with E-state index < -0.39 is 10.0 Å². The predicted octanol–water partition coefficient (Wildman–Crippen LogP) is 2.39. The van der Waals surface area contributed by atoms with Crippen molar-refractivity contribution >= 4 is 10.0 Å². The Bertz CT molecular complexity index is 1020. The molecule has 1 heterocycles. The zero-order chi connectivity index (χ0) is 21.0. The molecule has 0 unspecified atom stereocenters. The first-order valence-corrected chi connectivity index (χ1v) is 10.8. The Hall–Kier alpha value is -2.60. The van der Waals surface area contributed by atoms with Gasteiger partial charge in [0.1, 0.15) is 0 Å². The summed E-state index contributed by atoms with van der Waals surface area (Å²) in [5.41, 5.74) is 2.57. The summed E-state index contributed by atoms with van der Waals surface area (Å²) in [5, 5.41) is 9.02. The zero-order valence-corrected chi connectivity index (χ0v) is 17.7. The third-order valence-electron chi connectivity index (χ3n) is 5.17. The van der Waals surface area contributed by atoms with E-state index in [2.05, 4.69) is 4.90 Å². The maximum absolute atomic E-state index is 12.9. The van der Waals surface area contributed by atoms with E-state index in [0.717, 1.165) is 11.1 Å². The van der Waals surface area contributed by atoms with Gasteiger partial charge in [-0.15, -0.1) is 0 Å². The summed E-state index contributed by atoms with van der Waals surface area (Å²) < 4.78 is 38.0. The van der Waals surface area contributed by atoms with Crippen LogP contribution >= 0.6 is 0 Å². The zero-order valence-electron chi connectivity index (χ0n) is 16.9. The van der Waals surface area contributed by atoms with Crippen molar-refractivity contribution in [3.05, 3.63) is 53.1 Å². The van der Waals surface area contributed by atoms with Gasteiger partial charge in [0.2, 0.25) is 10.0 Å². The molecule has 0 saturated carbocycles. The van der Waals surface area contributed by atoms with Crippen LogP contribution < -0.4 is 9.47 Å². The van der Waals surface area contributed by atoms with E-state index in [-0.39, 0.29) is 4.90 Å². The van der Waals surface area contributed by atoms with Crippen molar-refractivity contribution in [1.82, 2.24) is 9.21 Å². The molecule has 0 radical (unpaired) electrons. The van der Waals surface area contributed by atoms with E-state index in [1.54, 1.807) is 26.4 Å². The summed E-state index contributed by atoms with van der Waals surface area (Å²) in [6.07, 6.45) is 0. The molecule has 1 fully saturated rings. The SMILES string of the molecule is COc1cc(C)c(CN2CCN(S(=O)(=O)c3cccc(C#N)c3)CC2)cc1OC. The van der Waals surface area contributed by atoms with E-state index >= 15 is 0 Å². The van der Waals surface area contributed by atoms with Gasteiger partial charge in [0, 0.05) is 32.7 Å². The number of methoxy groups -OCH3 is 2. The van der Waals surface area contributed by atoms with Crippen molar-refractivity contribution in [2.45, 2.75) is 18.4 Å². The highest BCUT2D eigenvalue weighted by molar-refractivity contribution is 7.89. The quantitative estimate of drug-likeness (QED) is 0.720. The second-order valence-corrected chi connectivity index (χ2v) is 8.89. The molecule has 2 aromatic carbocycles. The molecule has 2 aromatic rings. The molecule has 0 spiro atoms. The molecule has 0 atom stereocenters. The van der Waals surface area contributed by atoms with E-state index in [9.17, 15) is 8.42 Å². The lowest BCUT2D eigenvalue weighted by atomic mass is 10.1. The van der Waals surface area contributed by atoms with Crippen LogP contribution in [0.25, 0.3) is 0 Å². The molecule has 8 heteroatoms. The smallest absolute Gasteiger partial charge is 0.243 e. The molecule has 1 aliphatic rings. The number of nitriles is 1. The van der Waals surface area contributed by atoms with Gasteiger partial charge < -0.3 is 9.47 Å². The first-order valence-electron chi connectivity index (χ1n) is 9.33. The fourth-order valence-electron chi connectivity index (χ4n) is 3.44. The van der Waals surface area contributed by atoms with Gasteiger partial charge in [-0.3, -0.25) is 4.90 Å². The summed E-state index contributed by atoms with van der Waals surface area (Å²) >= 11 is 0. The summed E-state index contributed by atoms with van der Waals surface area (Å²) in [7, 11) is -0.373. The standard InChI is InChI=1S/C21H25N3O4S/c1-16-11-20(27-2)21(28-3)13-18(16)15-23-7-9-24(10-8-23)29(25,26)19-6-4-5-17(12-19)14-22/h4-6,11-13H,7-10,15H2,1-3H3. The Kier molecular flexibility index (Phi) is 6.42. The van der Waals surface area contributed by atoms with Gasteiger partial charge in [0.15, 0.2) is 11.5 Å². The molecule has 0 aromatic heterocycles. The molecule has 0 aliphatic carbocycles. The minimum absolute atomic E-state index is 0.167. The van der Waals surface area contributed by atoms with Crippen molar-refractivity contribution in [3.8, 4) is 17.6 Å². The number of aryl methyl sites for hydroxylation is 1. The molecule has 7 nitrogen and oxygen atoms in total. The van der Waals surface area contributed by atoms with Gasteiger partial charge in [-0.25, -0.2) is 8.42 Å². The Morgan fingerprint density at radius 3 is 2.31 bits per heavy atom. The Labute approximate surface area is 172 Å². The summed E-state index contributed by atoms with van der Waals surface area (Å²) in [6, 6.07) is 12.1. The molecule has 1 saturated heterocycles. The fraction of sp³-hybridized carbons (Fsp3) is 0.381. The number of benzene rings is 2. The third-order valence-corrected chi connectivity index (χ3v) is 7.06. The molecule has 0 bridgehead atoms. The monoisotopic (exact) mass is 415 g/mol. The van der Waals surface area contributed by atoms with Gasteiger partial charge in [0.25, 0.3) is 0 Å². The molecule has 154 valence electrons. The third kappa shape index (κ3) is 4.53. The summed E-state index contributed by atoms with van der Waals surface area (Å²) in [5.74, 6) is 1.39. The summed E-state index contributed by atoms with van der Waals surface area (Å²) in [4.78, 5) is 2.40. The van der Waals surface area contributed by atoms with Crippen LogP contribution in [0.5, 0.6) is 11.5 Å². The average molecular weight is 416 g/mol. The Balaban J connectivity index is 1.69. The van der Waals surface area contributed by atoms with Crippen LogP contribution in [0.4, 0.5) is 0 Å². The lowest BCUT2D eigenvalue weighted by Gasteiger charge is -2.34. The van der Waals surface area contributed by atoms with Gasteiger partial charge in [-0.2, -0.15) is 9.57 Å². The van der Waals surface area contributed by atoms with Crippen LogP contribution in [-0.2, 0) is 16.6 Å². The highest BCUT2D eigenvalue weighted by atomic mass is 32.2. The van der Waals surface area contributed by atoms with E-state index in [0.29, 0.717) is 49.8 Å². The lowest BCUT2D eigenvalue weighted by molar-refractivity contribution is 0.181. The predicted molar refractivity (Wildman–Crippen MR) is 109 cm³/mol. The number of nitrogens with zero attached hydrogens (tertiary/aromatic N) is 3. The number of hydrogen-bond donors (Lipinski definition) is 0. The largest absolute Gasteiger partial charge is 0.493 e. The van der Waals surface area contributed by atoms with Crippen LogP contribution in [0.2, 0.25) is 0 Å². The Morgan fingerprint density at radius 2 is 1.69 bits per heavy atom. The van der Waals surface area contributed by atoms with E-state index in [1.165, 1.54) is 16.4 Å². The van der Waals surface area contributed by atoms with Crippen molar-refractivity contribution in [1.29, 1.82) is 5.26 Å². The van der Waals surface area contributed by atoms with Gasteiger partial charge in [-0.1, -0.05) is 6.07 Å². The van der Waals surface area contributed by atoms with Crippen molar-refractivity contribution in [3.63, 3.8) is 0 Å². The second kappa shape index (κ2) is 8.82. The number of rotatable bonds is 6. The Morgan fingerprint density at radius 1 is 1.03 bits per heavy atom. The lowest BCUT2D eigenvalue weighted by Crippen LogP contribution is -2.48. The van der Waals surface area contributed by atoms with Crippen LogP contribution in [0.1, 0.15) is 16.7 Å². The highest BCUT2D eigenvalue weighted by Gasteiger charge is 2.29. The average Bonchev–Trinajstić information content (AvgIpc) is 2.75. The number of piperazine rings is 1. The summed E-state index contributed by atoms with van der Waals surface area (Å²) in [6.45, 7) is 4.82. The fourth-order valence-corrected chi connectivity index (χ4v) is 4.91. The van der Waals surface area contributed by atoms with E-state index in [1.807, 2.05) is 25.1 Å². The van der Waals surface area contributed by atoms with Crippen molar-refractivity contribution in [2.75, 3.05) is 40.4 Å². The normalized spacial score (nSPS) is 15.7. The molecular formula is C21H25N3O4S. The van der Waals surface area contributed by atoms with Crippen molar-refractivity contribution in [2.24, 2.45) is 0 Å². The number of ether oxygens (including phenoxy) is 2. The molecular weight excluding hydrogens is 390 g/mol. The van der Waals surface area contributed by atoms with E-state index in [4.69, 9.17) is 14.7 Å². The second-order valence-electron chi connectivity index (χ2n) is 6.95. The molecule has 29 heavy (non-hydrogen) atoms. The topological polar surface area (TPSA) is 82.9 Å². The molecule has 0 amide bonds. The van der Waals surface area contributed by atoms with Gasteiger partial charge in [-0.05, 0) is 48.4 Å². The number of hydrogen-bond acceptors (Lipinski definition) is 6. The number of sulfonamides is 1.